The highest BCUT2D eigenvalue weighted by Gasteiger charge is 2.13. The second-order valence-electron chi connectivity index (χ2n) is 5.42. The average Bonchev–Trinajstić information content (AvgIpc) is 2.53. The Hall–Kier alpha value is -2.10. The van der Waals surface area contributed by atoms with Gasteiger partial charge in [-0.1, -0.05) is 41.9 Å². The Bertz CT molecular complexity index is 790. The quantitative estimate of drug-likeness (QED) is 0.783. The van der Waals surface area contributed by atoms with Gasteiger partial charge in [-0.05, 0) is 30.8 Å². The van der Waals surface area contributed by atoms with Crippen LogP contribution in [0, 0.1) is 0 Å². The lowest BCUT2D eigenvalue weighted by Crippen LogP contribution is -2.17. The van der Waals surface area contributed by atoms with Crippen LogP contribution in [-0.2, 0) is 13.1 Å². The number of phenols is 1. The van der Waals surface area contributed by atoms with Gasteiger partial charge in [0, 0.05) is 30.2 Å². The van der Waals surface area contributed by atoms with E-state index in [-0.39, 0.29) is 5.75 Å². The molecule has 2 aromatic carbocycles. The summed E-state index contributed by atoms with van der Waals surface area (Å²) in [7, 11) is 2.02. The summed E-state index contributed by atoms with van der Waals surface area (Å²) in [6.07, 6.45) is 1.66. The normalized spacial score (nSPS) is 11.2. The van der Waals surface area contributed by atoms with Crippen LogP contribution in [0.3, 0.4) is 0 Å². The smallest absolute Gasteiger partial charge is 0.146 e. The molecule has 1 heterocycles. The molecule has 1 aromatic heterocycles. The van der Waals surface area contributed by atoms with Crippen LogP contribution < -0.4 is 0 Å². The van der Waals surface area contributed by atoms with Gasteiger partial charge in [-0.2, -0.15) is 0 Å². The molecule has 0 saturated carbocycles. The number of hydrogen-bond acceptors (Lipinski definition) is 3. The Balaban J connectivity index is 1.86. The van der Waals surface area contributed by atoms with Crippen molar-refractivity contribution >= 4 is 22.5 Å². The molecule has 3 rings (SSSR count). The summed E-state index contributed by atoms with van der Waals surface area (Å²) in [6, 6.07) is 15.7. The molecule has 112 valence electrons. The molecule has 0 aliphatic carbocycles. The Morgan fingerprint density at radius 3 is 2.64 bits per heavy atom. The van der Waals surface area contributed by atoms with E-state index < -0.39 is 0 Å². The maximum Gasteiger partial charge on any atom is 0.146 e. The SMILES string of the molecule is CN(Cc1ccccc1)Cc1cc(Cl)c2cccnc2c1O. The molecular weight excluding hydrogens is 296 g/mol. The molecule has 0 amide bonds. The van der Waals surface area contributed by atoms with E-state index in [1.165, 1.54) is 5.56 Å². The number of rotatable bonds is 4. The highest BCUT2D eigenvalue weighted by molar-refractivity contribution is 6.35. The molecule has 0 saturated heterocycles. The fraction of sp³-hybridized carbons (Fsp3) is 0.167. The molecule has 0 aliphatic heterocycles. The minimum absolute atomic E-state index is 0.208. The molecule has 0 fully saturated rings. The summed E-state index contributed by atoms with van der Waals surface area (Å²) < 4.78 is 0. The first-order valence-corrected chi connectivity index (χ1v) is 7.50. The Morgan fingerprint density at radius 2 is 1.86 bits per heavy atom. The minimum Gasteiger partial charge on any atom is -0.505 e. The highest BCUT2D eigenvalue weighted by Crippen LogP contribution is 2.33. The van der Waals surface area contributed by atoms with E-state index in [1.807, 2.05) is 43.4 Å². The van der Waals surface area contributed by atoms with E-state index in [9.17, 15) is 5.11 Å². The zero-order chi connectivity index (χ0) is 15.5. The molecule has 0 aliphatic rings. The molecule has 22 heavy (non-hydrogen) atoms. The van der Waals surface area contributed by atoms with Gasteiger partial charge in [-0.15, -0.1) is 0 Å². The van der Waals surface area contributed by atoms with Crippen molar-refractivity contribution in [1.82, 2.24) is 9.88 Å². The fourth-order valence-corrected chi connectivity index (χ4v) is 2.88. The second kappa shape index (κ2) is 6.34. The van der Waals surface area contributed by atoms with Gasteiger partial charge in [0.15, 0.2) is 0 Å². The summed E-state index contributed by atoms with van der Waals surface area (Å²) in [5.41, 5.74) is 2.57. The third-order valence-corrected chi connectivity index (χ3v) is 3.94. The summed E-state index contributed by atoms with van der Waals surface area (Å²) in [4.78, 5) is 6.37. The first-order chi connectivity index (χ1) is 10.6. The van der Waals surface area contributed by atoms with Gasteiger partial charge >= 0.3 is 0 Å². The number of nitrogens with zero attached hydrogens (tertiary/aromatic N) is 2. The van der Waals surface area contributed by atoms with Crippen molar-refractivity contribution in [1.29, 1.82) is 0 Å². The fourth-order valence-electron chi connectivity index (χ4n) is 2.60. The number of fused-ring (bicyclic) bond motifs is 1. The Labute approximate surface area is 134 Å². The van der Waals surface area contributed by atoms with Crippen LogP contribution in [-0.4, -0.2) is 22.0 Å². The first-order valence-electron chi connectivity index (χ1n) is 7.12. The van der Waals surface area contributed by atoms with Gasteiger partial charge in [-0.3, -0.25) is 9.88 Å². The maximum absolute atomic E-state index is 10.4. The second-order valence-corrected chi connectivity index (χ2v) is 5.83. The van der Waals surface area contributed by atoms with Crippen LogP contribution in [0.5, 0.6) is 5.75 Å². The summed E-state index contributed by atoms with van der Waals surface area (Å²) in [5.74, 6) is 0.208. The van der Waals surface area contributed by atoms with Gasteiger partial charge in [0.1, 0.15) is 11.3 Å². The van der Waals surface area contributed by atoms with Gasteiger partial charge in [0.2, 0.25) is 0 Å². The number of aromatic hydroxyl groups is 1. The standard InChI is InChI=1S/C18H17ClN2O/c1-21(11-13-6-3-2-4-7-13)12-14-10-16(19)15-8-5-9-20-17(15)18(14)22/h2-10,22H,11-12H2,1H3. The number of pyridine rings is 1. The third kappa shape index (κ3) is 3.06. The largest absolute Gasteiger partial charge is 0.505 e. The van der Waals surface area contributed by atoms with Gasteiger partial charge < -0.3 is 5.11 Å². The van der Waals surface area contributed by atoms with Crippen LogP contribution in [0.1, 0.15) is 11.1 Å². The molecule has 0 radical (unpaired) electrons. The van der Waals surface area contributed by atoms with Crippen molar-refractivity contribution in [2.24, 2.45) is 0 Å². The van der Waals surface area contributed by atoms with E-state index in [2.05, 4.69) is 22.0 Å². The number of benzene rings is 2. The predicted octanol–water partition coefficient (Wildman–Crippen LogP) is 4.23. The summed E-state index contributed by atoms with van der Waals surface area (Å²) in [6.45, 7) is 1.41. The van der Waals surface area contributed by atoms with E-state index in [0.29, 0.717) is 17.1 Å². The van der Waals surface area contributed by atoms with Gasteiger partial charge in [-0.25, -0.2) is 0 Å². The molecule has 0 atom stereocenters. The van der Waals surface area contributed by atoms with Crippen LogP contribution in [0.4, 0.5) is 0 Å². The molecule has 0 bridgehead atoms. The zero-order valence-corrected chi connectivity index (χ0v) is 13.1. The van der Waals surface area contributed by atoms with Gasteiger partial charge in [0.05, 0.1) is 5.02 Å². The molecule has 1 N–H and O–H groups in total. The first kappa shape index (κ1) is 14.8. The topological polar surface area (TPSA) is 36.4 Å². The van der Waals surface area contributed by atoms with Crippen molar-refractivity contribution in [3.8, 4) is 5.75 Å². The Morgan fingerprint density at radius 1 is 1.09 bits per heavy atom. The number of hydrogen-bond donors (Lipinski definition) is 1. The van der Waals surface area contributed by atoms with E-state index in [0.717, 1.165) is 17.5 Å². The zero-order valence-electron chi connectivity index (χ0n) is 12.3. The number of phenolic OH excluding ortho intramolecular Hbond substituents is 1. The number of halogens is 1. The minimum atomic E-state index is 0.208. The molecule has 3 aromatic rings. The van der Waals surface area contributed by atoms with Crippen molar-refractivity contribution in [2.75, 3.05) is 7.05 Å². The molecular formula is C18H17ClN2O. The molecule has 3 nitrogen and oxygen atoms in total. The predicted molar refractivity (Wildman–Crippen MR) is 90.0 cm³/mol. The molecule has 0 unspecified atom stereocenters. The van der Waals surface area contributed by atoms with Crippen LogP contribution in [0.2, 0.25) is 5.02 Å². The Kier molecular flexibility index (Phi) is 4.27. The van der Waals surface area contributed by atoms with E-state index >= 15 is 0 Å². The van der Waals surface area contributed by atoms with Crippen LogP contribution in [0.25, 0.3) is 10.9 Å². The lowest BCUT2D eigenvalue weighted by molar-refractivity contribution is 0.313. The van der Waals surface area contributed by atoms with Crippen LogP contribution in [0.15, 0.2) is 54.7 Å². The van der Waals surface area contributed by atoms with Crippen molar-refractivity contribution in [2.45, 2.75) is 13.1 Å². The molecule has 0 spiro atoms. The lowest BCUT2D eigenvalue weighted by atomic mass is 10.1. The van der Waals surface area contributed by atoms with Crippen LogP contribution >= 0.6 is 11.6 Å². The highest BCUT2D eigenvalue weighted by atomic mass is 35.5. The number of aromatic nitrogens is 1. The monoisotopic (exact) mass is 312 g/mol. The maximum atomic E-state index is 10.4. The third-order valence-electron chi connectivity index (χ3n) is 3.63. The van der Waals surface area contributed by atoms with Crippen molar-refractivity contribution in [3.05, 3.63) is 70.9 Å². The van der Waals surface area contributed by atoms with Crippen molar-refractivity contribution in [3.63, 3.8) is 0 Å². The van der Waals surface area contributed by atoms with E-state index in [4.69, 9.17) is 11.6 Å². The lowest BCUT2D eigenvalue weighted by Gasteiger charge is -2.18. The van der Waals surface area contributed by atoms with Crippen molar-refractivity contribution < 1.29 is 5.11 Å². The van der Waals surface area contributed by atoms with Gasteiger partial charge in [0.25, 0.3) is 0 Å². The summed E-state index contributed by atoms with van der Waals surface area (Å²) in [5, 5.41) is 11.8. The average molecular weight is 313 g/mol. The summed E-state index contributed by atoms with van der Waals surface area (Å²) >= 11 is 6.31. The molecule has 4 heteroatoms. The van der Waals surface area contributed by atoms with E-state index in [1.54, 1.807) is 6.20 Å².